The van der Waals surface area contributed by atoms with E-state index in [9.17, 15) is 4.79 Å². The molecule has 0 unspecified atom stereocenters. The van der Waals surface area contributed by atoms with E-state index in [0.717, 1.165) is 29.9 Å². The summed E-state index contributed by atoms with van der Waals surface area (Å²) in [7, 11) is 0. The van der Waals surface area contributed by atoms with Gasteiger partial charge in [-0.3, -0.25) is 0 Å². The van der Waals surface area contributed by atoms with Gasteiger partial charge in [0.05, 0.1) is 18.9 Å². The van der Waals surface area contributed by atoms with Crippen LogP contribution in [0.1, 0.15) is 26.0 Å². The van der Waals surface area contributed by atoms with E-state index in [1.165, 1.54) is 0 Å². The van der Waals surface area contributed by atoms with Crippen molar-refractivity contribution in [1.29, 1.82) is 0 Å². The van der Waals surface area contributed by atoms with Crippen LogP contribution in [0.4, 0.5) is 4.79 Å². The van der Waals surface area contributed by atoms with Crippen LogP contribution in [0.5, 0.6) is 0 Å². The summed E-state index contributed by atoms with van der Waals surface area (Å²) in [5.41, 5.74) is 2.05. The van der Waals surface area contributed by atoms with Crippen LogP contribution in [-0.2, 0) is 11.2 Å². The van der Waals surface area contributed by atoms with Crippen molar-refractivity contribution >= 4 is 6.03 Å². The van der Waals surface area contributed by atoms with Crippen molar-refractivity contribution in [2.75, 3.05) is 26.3 Å². The molecule has 1 saturated carbocycles. The number of hydrogen-bond donors (Lipinski definition) is 1. The number of carbonyl (C=O) groups excluding carboxylic acids is 1. The number of morpholine rings is 1. The van der Waals surface area contributed by atoms with Gasteiger partial charge < -0.3 is 19.5 Å². The average molecular weight is 369 g/mol. The van der Waals surface area contributed by atoms with Crippen LogP contribution in [0.25, 0.3) is 11.3 Å². The Morgan fingerprint density at radius 2 is 2.00 bits per heavy atom. The number of benzene rings is 1. The summed E-state index contributed by atoms with van der Waals surface area (Å²) >= 11 is 0. The number of rotatable bonds is 4. The fourth-order valence-electron chi connectivity index (χ4n) is 4.01. The van der Waals surface area contributed by atoms with Gasteiger partial charge in [-0.25, -0.2) is 4.79 Å². The predicted molar refractivity (Wildman–Crippen MR) is 102 cm³/mol. The number of urea groups is 1. The second kappa shape index (κ2) is 7.35. The molecule has 1 N–H and O–H groups in total. The number of ether oxygens (including phenoxy) is 1. The minimum Gasteiger partial charge on any atom is -0.378 e. The Labute approximate surface area is 159 Å². The zero-order valence-corrected chi connectivity index (χ0v) is 16.0. The van der Waals surface area contributed by atoms with Crippen molar-refractivity contribution in [1.82, 2.24) is 15.4 Å². The van der Waals surface area contributed by atoms with Crippen LogP contribution in [0.3, 0.4) is 0 Å². The molecule has 27 heavy (non-hydrogen) atoms. The molecule has 0 spiro atoms. The third-order valence-electron chi connectivity index (χ3n) is 6.14. The van der Waals surface area contributed by atoms with Gasteiger partial charge in [-0.05, 0) is 24.2 Å². The summed E-state index contributed by atoms with van der Waals surface area (Å²) in [6, 6.07) is 12.3. The number of nitrogens with one attached hydrogen (secondary N) is 1. The average Bonchev–Trinajstić information content (AvgIpc) is 3.17. The highest BCUT2D eigenvalue weighted by molar-refractivity contribution is 5.75. The molecule has 2 atom stereocenters. The third-order valence-corrected chi connectivity index (χ3v) is 6.14. The van der Waals surface area contributed by atoms with Crippen molar-refractivity contribution < 1.29 is 14.1 Å². The summed E-state index contributed by atoms with van der Waals surface area (Å²) in [5, 5.41) is 7.47. The van der Waals surface area contributed by atoms with Crippen molar-refractivity contribution in [2.24, 2.45) is 11.3 Å². The van der Waals surface area contributed by atoms with E-state index in [-0.39, 0.29) is 17.5 Å². The Morgan fingerprint density at radius 1 is 1.26 bits per heavy atom. The monoisotopic (exact) mass is 369 g/mol. The molecule has 1 aliphatic heterocycles. The molecule has 6 nitrogen and oxygen atoms in total. The minimum atomic E-state index is 0.0302. The third kappa shape index (κ3) is 3.72. The zero-order valence-electron chi connectivity index (χ0n) is 16.0. The first kappa shape index (κ1) is 18.0. The topological polar surface area (TPSA) is 67.6 Å². The maximum atomic E-state index is 12.4. The predicted octanol–water partition coefficient (Wildman–Crippen LogP) is 3.34. The highest BCUT2D eigenvalue weighted by Gasteiger charge is 2.49. The lowest BCUT2D eigenvalue weighted by molar-refractivity contribution is 0.0101. The molecule has 1 saturated heterocycles. The second-order valence-electron chi connectivity index (χ2n) is 8.11. The van der Waals surface area contributed by atoms with E-state index in [0.29, 0.717) is 32.2 Å². The number of hydrogen-bond acceptors (Lipinski definition) is 4. The number of amides is 2. The fourth-order valence-corrected chi connectivity index (χ4v) is 4.01. The Bertz CT molecular complexity index is 781. The molecule has 4 rings (SSSR count). The summed E-state index contributed by atoms with van der Waals surface area (Å²) in [6.45, 7) is 7.04. The lowest BCUT2D eigenvalue weighted by atomic mass is 9.57. The molecule has 0 radical (unpaired) electrons. The SMILES string of the molecule is CC1(C)[C@H](Cc2cc(-c3ccccc3)on2)C[C@@H]1NC(=O)N1CCOCC1. The van der Waals surface area contributed by atoms with Crippen LogP contribution >= 0.6 is 0 Å². The van der Waals surface area contributed by atoms with Crippen molar-refractivity contribution in [3.63, 3.8) is 0 Å². The molecule has 2 aliphatic rings. The van der Waals surface area contributed by atoms with Crippen molar-refractivity contribution in [3.8, 4) is 11.3 Å². The van der Waals surface area contributed by atoms with Crippen LogP contribution in [0.2, 0.25) is 0 Å². The van der Waals surface area contributed by atoms with Gasteiger partial charge in [0.1, 0.15) is 0 Å². The molecule has 0 bridgehead atoms. The first-order valence-corrected chi connectivity index (χ1v) is 9.68. The molecule has 1 aliphatic carbocycles. The van der Waals surface area contributed by atoms with Crippen molar-refractivity contribution in [2.45, 2.75) is 32.7 Å². The van der Waals surface area contributed by atoms with E-state index in [1.807, 2.05) is 41.3 Å². The smallest absolute Gasteiger partial charge is 0.317 e. The lowest BCUT2D eigenvalue weighted by Crippen LogP contribution is -2.61. The summed E-state index contributed by atoms with van der Waals surface area (Å²) in [5.74, 6) is 1.28. The molecule has 2 aromatic rings. The Balaban J connectivity index is 1.33. The molecule has 1 aromatic carbocycles. The number of carbonyl (C=O) groups is 1. The lowest BCUT2D eigenvalue weighted by Gasteiger charge is -2.52. The molecule has 144 valence electrons. The van der Waals surface area contributed by atoms with Crippen LogP contribution in [0, 0.1) is 11.3 Å². The standard InChI is InChI=1S/C21H27N3O3/c1-21(2)16(13-19(21)22-20(25)24-8-10-26-11-9-24)12-17-14-18(27-23-17)15-6-4-3-5-7-15/h3-7,14,16,19H,8-13H2,1-2H3,(H,22,25)/t16-,19+/m1/s1. The minimum absolute atomic E-state index is 0.0302. The Hall–Kier alpha value is -2.34. The molecule has 2 fully saturated rings. The van der Waals surface area contributed by atoms with Gasteiger partial charge in [0.25, 0.3) is 0 Å². The molecule has 6 heteroatoms. The zero-order chi connectivity index (χ0) is 18.9. The summed E-state index contributed by atoms with van der Waals surface area (Å²) in [4.78, 5) is 14.3. The van der Waals surface area contributed by atoms with Gasteiger partial charge in [-0.1, -0.05) is 49.3 Å². The number of aromatic nitrogens is 1. The van der Waals surface area contributed by atoms with Crippen molar-refractivity contribution in [3.05, 3.63) is 42.1 Å². The van der Waals surface area contributed by atoms with E-state index in [1.54, 1.807) is 0 Å². The summed E-state index contributed by atoms with van der Waals surface area (Å²) in [6.07, 6.45) is 1.84. The highest BCUT2D eigenvalue weighted by Crippen LogP contribution is 2.48. The highest BCUT2D eigenvalue weighted by atomic mass is 16.5. The molecule has 2 heterocycles. The first-order chi connectivity index (χ1) is 13.0. The maximum Gasteiger partial charge on any atom is 0.317 e. The molecular formula is C21H27N3O3. The van der Waals surface area contributed by atoms with Gasteiger partial charge in [0.2, 0.25) is 0 Å². The normalized spacial score (nSPS) is 24.3. The van der Waals surface area contributed by atoms with Gasteiger partial charge in [0.15, 0.2) is 5.76 Å². The number of nitrogens with zero attached hydrogens (tertiary/aromatic N) is 2. The van der Waals surface area contributed by atoms with Crippen LogP contribution < -0.4 is 5.32 Å². The maximum absolute atomic E-state index is 12.4. The summed E-state index contributed by atoms with van der Waals surface area (Å²) < 4.78 is 10.8. The Morgan fingerprint density at radius 3 is 2.70 bits per heavy atom. The van der Waals surface area contributed by atoms with Gasteiger partial charge >= 0.3 is 6.03 Å². The van der Waals surface area contributed by atoms with Gasteiger partial charge in [-0.15, -0.1) is 0 Å². The van der Waals surface area contributed by atoms with E-state index < -0.39 is 0 Å². The second-order valence-corrected chi connectivity index (χ2v) is 8.11. The van der Waals surface area contributed by atoms with Crippen LogP contribution in [0.15, 0.2) is 40.9 Å². The fraction of sp³-hybridized carbons (Fsp3) is 0.524. The van der Waals surface area contributed by atoms with E-state index in [4.69, 9.17) is 9.26 Å². The molecule has 2 amide bonds. The molecule has 1 aromatic heterocycles. The van der Waals surface area contributed by atoms with E-state index in [2.05, 4.69) is 24.3 Å². The largest absolute Gasteiger partial charge is 0.378 e. The first-order valence-electron chi connectivity index (χ1n) is 9.68. The Kier molecular flexibility index (Phi) is 4.91. The van der Waals surface area contributed by atoms with E-state index >= 15 is 0 Å². The van der Waals surface area contributed by atoms with Gasteiger partial charge in [0, 0.05) is 30.8 Å². The molecular weight excluding hydrogens is 342 g/mol. The quantitative estimate of drug-likeness (QED) is 0.898. The van der Waals surface area contributed by atoms with Crippen LogP contribution in [-0.4, -0.2) is 48.4 Å². The van der Waals surface area contributed by atoms with Gasteiger partial charge in [-0.2, -0.15) is 0 Å².